The van der Waals surface area contributed by atoms with Crippen LogP contribution in [0.1, 0.15) is 11.1 Å². The molecule has 88 valence electrons. The van der Waals surface area contributed by atoms with Crippen molar-refractivity contribution < 1.29 is 14.2 Å². The highest BCUT2D eigenvalue weighted by Crippen LogP contribution is 2.44. The topological polar surface area (TPSA) is 27.7 Å². The predicted molar refractivity (Wildman–Crippen MR) is 62.6 cm³/mol. The third-order valence-electron chi connectivity index (χ3n) is 2.84. The molecule has 0 unspecified atom stereocenters. The summed E-state index contributed by atoms with van der Waals surface area (Å²) in [7, 11) is 3.27. The van der Waals surface area contributed by atoms with Crippen LogP contribution in [0, 0.1) is 6.92 Å². The molecule has 16 heavy (non-hydrogen) atoms. The zero-order valence-corrected chi connectivity index (χ0v) is 10.4. The Kier molecular flexibility index (Phi) is 3.00. The minimum Gasteiger partial charge on any atom is -0.497 e. The maximum absolute atomic E-state index is 6.47. The van der Waals surface area contributed by atoms with E-state index in [9.17, 15) is 0 Å². The number of alkyl halides is 1. The van der Waals surface area contributed by atoms with Crippen molar-refractivity contribution in [2.24, 2.45) is 0 Å². The second-order valence-electron chi connectivity index (χ2n) is 3.98. The molecule has 2 rings (SSSR count). The summed E-state index contributed by atoms with van der Waals surface area (Å²) in [4.78, 5) is -0.443. The molecule has 0 amide bonds. The van der Waals surface area contributed by atoms with Crippen molar-refractivity contribution >= 4 is 11.6 Å². The molecule has 0 atom stereocenters. The van der Waals surface area contributed by atoms with Gasteiger partial charge in [0, 0.05) is 11.6 Å². The summed E-state index contributed by atoms with van der Waals surface area (Å²) in [6.07, 6.45) is 0. The molecule has 0 spiro atoms. The molecule has 3 nitrogen and oxygen atoms in total. The van der Waals surface area contributed by atoms with Gasteiger partial charge >= 0.3 is 0 Å². The number of benzene rings is 1. The number of ether oxygens (including phenoxy) is 3. The second-order valence-corrected chi connectivity index (χ2v) is 4.70. The maximum atomic E-state index is 6.47. The number of aryl methyl sites for hydroxylation is 1. The number of hydrogen-bond acceptors (Lipinski definition) is 3. The van der Waals surface area contributed by atoms with Gasteiger partial charge in [-0.15, -0.1) is 11.6 Å². The monoisotopic (exact) mass is 242 g/mol. The lowest BCUT2D eigenvalue weighted by molar-refractivity contribution is -0.0164. The fraction of sp³-hybridized carbons (Fsp3) is 0.500. The van der Waals surface area contributed by atoms with E-state index in [0.29, 0.717) is 13.2 Å². The number of methoxy groups -OCH3 is 2. The van der Waals surface area contributed by atoms with Crippen LogP contribution in [0.5, 0.6) is 11.5 Å². The van der Waals surface area contributed by atoms with E-state index in [1.807, 2.05) is 19.1 Å². The minimum absolute atomic E-state index is 0.443. The van der Waals surface area contributed by atoms with Gasteiger partial charge in [-0.2, -0.15) is 0 Å². The van der Waals surface area contributed by atoms with Gasteiger partial charge < -0.3 is 14.2 Å². The first-order chi connectivity index (χ1) is 7.60. The molecule has 0 aliphatic carbocycles. The molecule has 0 radical (unpaired) electrons. The number of rotatable bonds is 3. The fourth-order valence-electron chi connectivity index (χ4n) is 2.00. The molecule has 1 saturated heterocycles. The van der Waals surface area contributed by atoms with Crippen molar-refractivity contribution in [1.82, 2.24) is 0 Å². The van der Waals surface area contributed by atoms with E-state index in [4.69, 9.17) is 25.8 Å². The number of hydrogen-bond donors (Lipinski definition) is 0. The van der Waals surface area contributed by atoms with Crippen LogP contribution in [0.15, 0.2) is 12.1 Å². The van der Waals surface area contributed by atoms with E-state index < -0.39 is 4.87 Å². The van der Waals surface area contributed by atoms with Crippen molar-refractivity contribution in [3.05, 3.63) is 23.3 Å². The average Bonchev–Trinajstić information content (AvgIpc) is 2.24. The van der Waals surface area contributed by atoms with Gasteiger partial charge in [0.05, 0.1) is 27.4 Å². The van der Waals surface area contributed by atoms with Gasteiger partial charge in [-0.3, -0.25) is 0 Å². The summed E-state index contributed by atoms with van der Waals surface area (Å²) in [5, 5.41) is 0. The highest BCUT2D eigenvalue weighted by Gasteiger charge is 2.41. The molecule has 1 aromatic rings. The number of halogens is 1. The summed E-state index contributed by atoms with van der Waals surface area (Å²) in [5.41, 5.74) is 2.07. The first-order valence-electron chi connectivity index (χ1n) is 5.10. The summed E-state index contributed by atoms with van der Waals surface area (Å²) in [6.45, 7) is 3.05. The summed E-state index contributed by atoms with van der Waals surface area (Å²) >= 11 is 6.47. The lowest BCUT2D eigenvalue weighted by Gasteiger charge is -2.37. The highest BCUT2D eigenvalue weighted by atomic mass is 35.5. The highest BCUT2D eigenvalue weighted by molar-refractivity contribution is 6.25. The molecule has 1 heterocycles. The Morgan fingerprint density at radius 2 is 1.94 bits per heavy atom. The van der Waals surface area contributed by atoms with Crippen LogP contribution in [0.4, 0.5) is 0 Å². The summed E-state index contributed by atoms with van der Waals surface area (Å²) < 4.78 is 15.8. The predicted octanol–water partition coefficient (Wildman–Crippen LogP) is 2.48. The van der Waals surface area contributed by atoms with Gasteiger partial charge in [-0.05, 0) is 18.6 Å². The van der Waals surface area contributed by atoms with Crippen molar-refractivity contribution in [2.45, 2.75) is 11.8 Å². The van der Waals surface area contributed by atoms with Crippen molar-refractivity contribution in [3.8, 4) is 11.5 Å². The van der Waals surface area contributed by atoms with Crippen LogP contribution >= 0.6 is 11.6 Å². The van der Waals surface area contributed by atoms with E-state index in [2.05, 4.69) is 0 Å². The van der Waals surface area contributed by atoms with Crippen molar-refractivity contribution in [1.29, 1.82) is 0 Å². The van der Waals surface area contributed by atoms with Crippen LogP contribution in [-0.4, -0.2) is 27.4 Å². The fourth-order valence-corrected chi connectivity index (χ4v) is 2.40. The van der Waals surface area contributed by atoms with E-state index >= 15 is 0 Å². The summed E-state index contributed by atoms with van der Waals surface area (Å²) in [5.74, 6) is 1.54. The van der Waals surface area contributed by atoms with Gasteiger partial charge in [0.2, 0.25) is 0 Å². The van der Waals surface area contributed by atoms with Crippen LogP contribution in [0.25, 0.3) is 0 Å². The Hall–Kier alpha value is -0.930. The SMILES string of the molecule is COc1cc(C)c(C2(Cl)COC2)c(OC)c1. The molecular weight excluding hydrogens is 228 g/mol. The van der Waals surface area contributed by atoms with Gasteiger partial charge in [0.25, 0.3) is 0 Å². The molecule has 1 aliphatic heterocycles. The second kappa shape index (κ2) is 4.15. The molecule has 0 aromatic heterocycles. The Balaban J connectivity index is 2.50. The zero-order chi connectivity index (χ0) is 11.8. The van der Waals surface area contributed by atoms with E-state index in [-0.39, 0.29) is 0 Å². The Morgan fingerprint density at radius 1 is 1.25 bits per heavy atom. The molecule has 0 N–H and O–H groups in total. The molecular formula is C12H15ClO3. The Labute approximate surface area is 100 Å². The minimum atomic E-state index is -0.443. The largest absolute Gasteiger partial charge is 0.497 e. The third kappa shape index (κ3) is 1.74. The van der Waals surface area contributed by atoms with Crippen molar-refractivity contribution in [2.75, 3.05) is 27.4 Å². The first kappa shape index (κ1) is 11.6. The van der Waals surface area contributed by atoms with E-state index in [1.54, 1.807) is 14.2 Å². The van der Waals surface area contributed by atoms with Gasteiger partial charge in [-0.25, -0.2) is 0 Å². The third-order valence-corrected chi connectivity index (χ3v) is 3.25. The van der Waals surface area contributed by atoms with E-state index in [0.717, 1.165) is 22.6 Å². The molecule has 1 aliphatic rings. The standard InChI is InChI=1S/C12H15ClO3/c1-8-4-9(14-2)5-10(15-3)11(8)12(13)6-16-7-12/h4-5H,6-7H2,1-3H3. The molecule has 1 fully saturated rings. The smallest absolute Gasteiger partial charge is 0.127 e. The molecule has 0 saturated carbocycles. The lowest BCUT2D eigenvalue weighted by Crippen LogP contribution is -2.42. The lowest BCUT2D eigenvalue weighted by atomic mass is 9.91. The van der Waals surface area contributed by atoms with Crippen LogP contribution in [0.2, 0.25) is 0 Å². The maximum Gasteiger partial charge on any atom is 0.127 e. The quantitative estimate of drug-likeness (QED) is 0.763. The molecule has 4 heteroatoms. The van der Waals surface area contributed by atoms with Gasteiger partial charge in [0.1, 0.15) is 16.4 Å². The van der Waals surface area contributed by atoms with Crippen molar-refractivity contribution in [3.63, 3.8) is 0 Å². The zero-order valence-electron chi connectivity index (χ0n) is 9.67. The average molecular weight is 243 g/mol. The first-order valence-corrected chi connectivity index (χ1v) is 5.48. The van der Waals surface area contributed by atoms with Crippen LogP contribution in [0.3, 0.4) is 0 Å². The Bertz CT molecular complexity index is 399. The van der Waals surface area contributed by atoms with E-state index in [1.165, 1.54) is 0 Å². The normalized spacial score (nSPS) is 17.8. The summed E-state index contributed by atoms with van der Waals surface area (Å²) in [6, 6.07) is 3.81. The Morgan fingerprint density at radius 3 is 2.38 bits per heavy atom. The van der Waals surface area contributed by atoms with Gasteiger partial charge in [-0.1, -0.05) is 0 Å². The van der Waals surface area contributed by atoms with Crippen LogP contribution < -0.4 is 9.47 Å². The molecule has 1 aromatic carbocycles. The van der Waals surface area contributed by atoms with Gasteiger partial charge in [0.15, 0.2) is 0 Å². The molecule has 0 bridgehead atoms. The van der Waals surface area contributed by atoms with Crippen LogP contribution in [-0.2, 0) is 9.61 Å².